The molecular weight excluding hydrogens is 292 g/mol. The van der Waals surface area contributed by atoms with E-state index >= 15 is 0 Å². The minimum atomic E-state index is 0.0534. The van der Waals surface area contributed by atoms with Gasteiger partial charge in [-0.05, 0) is 25.2 Å². The molecule has 6 heteroatoms. The maximum absolute atomic E-state index is 12.5. The second-order valence-corrected chi connectivity index (χ2v) is 6.43. The smallest absolute Gasteiger partial charge is 0.263 e. The van der Waals surface area contributed by atoms with Gasteiger partial charge in [0.25, 0.3) is 5.56 Å². The van der Waals surface area contributed by atoms with E-state index in [1.54, 1.807) is 33.7 Å². The molecule has 4 nitrogen and oxygen atoms in total. The lowest BCUT2D eigenvalue weighted by atomic mass is 10.2. The van der Waals surface area contributed by atoms with Crippen molar-refractivity contribution >= 4 is 40.1 Å². The first-order valence-corrected chi connectivity index (χ1v) is 7.93. The quantitative estimate of drug-likeness (QED) is 0.494. The fourth-order valence-electron chi connectivity index (χ4n) is 1.84. The molecular formula is C14H18N2O2S2. The number of hydrogen-bond acceptors (Lipinski definition) is 5. The van der Waals surface area contributed by atoms with Gasteiger partial charge in [-0.15, -0.1) is 17.9 Å². The van der Waals surface area contributed by atoms with E-state index in [1.165, 1.54) is 4.88 Å². The fourth-order valence-corrected chi connectivity index (χ4v) is 3.64. The lowest BCUT2D eigenvalue weighted by Gasteiger charge is -2.08. The van der Waals surface area contributed by atoms with Gasteiger partial charge < -0.3 is 4.79 Å². The van der Waals surface area contributed by atoms with Gasteiger partial charge in [0.1, 0.15) is 11.6 Å². The molecule has 0 aliphatic carbocycles. The first kappa shape index (κ1) is 16.7. The van der Waals surface area contributed by atoms with Crippen molar-refractivity contribution < 1.29 is 4.79 Å². The number of rotatable bonds is 4. The normalized spacial score (nSPS) is 10.2. The number of hydrogen-bond donors (Lipinski definition) is 0. The van der Waals surface area contributed by atoms with E-state index in [9.17, 15) is 4.79 Å². The number of carbonyl (C=O) groups is 1. The minimum Gasteiger partial charge on any atom is -0.307 e. The van der Waals surface area contributed by atoms with Gasteiger partial charge in [-0.25, -0.2) is 4.98 Å². The zero-order valence-electron chi connectivity index (χ0n) is 11.9. The summed E-state index contributed by atoms with van der Waals surface area (Å²) in [5.41, 5.74) is 1.11. The van der Waals surface area contributed by atoms with Crippen LogP contribution in [0.15, 0.2) is 22.6 Å². The van der Waals surface area contributed by atoms with Crippen molar-refractivity contribution in [3.05, 3.63) is 33.4 Å². The van der Waals surface area contributed by atoms with Gasteiger partial charge in [0.05, 0.1) is 5.39 Å². The highest BCUT2D eigenvalue weighted by Crippen LogP contribution is 2.28. The van der Waals surface area contributed by atoms with E-state index < -0.39 is 0 Å². The summed E-state index contributed by atoms with van der Waals surface area (Å²) in [7, 11) is 0. The molecule has 0 amide bonds. The first-order chi connectivity index (χ1) is 9.60. The molecule has 108 valence electrons. The van der Waals surface area contributed by atoms with Gasteiger partial charge >= 0.3 is 0 Å². The van der Waals surface area contributed by atoms with Crippen LogP contribution in [0, 0.1) is 13.8 Å². The van der Waals surface area contributed by atoms with Gasteiger partial charge in [-0.1, -0.05) is 24.8 Å². The van der Waals surface area contributed by atoms with E-state index in [0.29, 0.717) is 6.54 Å². The number of carbonyl (C=O) groups excluding carboxylic acids is 1. The van der Waals surface area contributed by atoms with Crippen molar-refractivity contribution in [1.82, 2.24) is 9.55 Å². The molecule has 2 aromatic rings. The van der Waals surface area contributed by atoms with E-state index in [2.05, 4.69) is 18.5 Å². The predicted octanol–water partition coefficient (Wildman–Crippen LogP) is 3.19. The standard InChI is InChI=1S/C13H16N2OS2.CH2O/c1-5-7-15-12(16)10-8(3)9(4)18-11(10)14-13(15)17-6-2;1-2/h5H,1,6-7H2,2-4H3;1H2. The molecule has 0 saturated heterocycles. The summed E-state index contributed by atoms with van der Waals surface area (Å²) in [6, 6.07) is 0. The summed E-state index contributed by atoms with van der Waals surface area (Å²) >= 11 is 3.19. The summed E-state index contributed by atoms with van der Waals surface area (Å²) in [6.45, 7) is 12.3. The Morgan fingerprint density at radius 1 is 1.40 bits per heavy atom. The van der Waals surface area contributed by atoms with Crippen molar-refractivity contribution in [3.8, 4) is 0 Å². The molecule has 0 N–H and O–H groups in total. The Morgan fingerprint density at radius 3 is 2.60 bits per heavy atom. The predicted molar refractivity (Wildman–Crippen MR) is 87.1 cm³/mol. The largest absolute Gasteiger partial charge is 0.307 e. The number of thiophene rings is 1. The Hall–Kier alpha value is -1.40. The van der Waals surface area contributed by atoms with Gasteiger partial charge in [-0.2, -0.15) is 0 Å². The minimum absolute atomic E-state index is 0.0534. The monoisotopic (exact) mass is 310 g/mol. The zero-order valence-corrected chi connectivity index (χ0v) is 13.6. The Kier molecular flexibility index (Phi) is 6.16. The fraction of sp³-hybridized carbons (Fsp3) is 0.357. The highest BCUT2D eigenvalue weighted by molar-refractivity contribution is 7.99. The SMILES string of the molecule is C=CCn1c(SCC)nc2sc(C)c(C)c2c1=O.C=O. The summed E-state index contributed by atoms with van der Waals surface area (Å²) in [5, 5.41) is 1.55. The molecule has 0 aromatic carbocycles. The Labute approximate surface area is 126 Å². The lowest BCUT2D eigenvalue weighted by molar-refractivity contribution is -0.0979. The van der Waals surface area contributed by atoms with Crippen LogP contribution >= 0.6 is 23.1 Å². The zero-order chi connectivity index (χ0) is 15.3. The van der Waals surface area contributed by atoms with Gasteiger partial charge in [-0.3, -0.25) is 9.36 Å². The highest BCUT2D eigenvalue weighted by Gasteiger charge is 2.15. The van der Waals surface area contributed by atoms with Crippen molar-refractivity contribution in [1.29, 1.82) is 0 Å². The molecule has 0 spiro atoms. The summed E-state index contributed by atoms with van der Waals surface area (Å²) < 4.78 is 1.71. The molecule has 0 aliphatic rings. The maximum Gasteiger partial charge on any atom is 0.263 e. The van der Waals surface area contributed by atoms with Crippen LogP contribution in [-0.4, -0.2) is 22.1 Å². The van der Waals surface area contributed by atoms with Crippen molar-refractivity contribution in [2.75, 3.05) is 5.75 Å². The lowest BCUT2D eigenvalue weighted by Crippen LogP contribution is -2.22. The van der Waals surface area contributed by atoms with Gasteiger partial charge in [0.15, 0.2) is 5.16 Å². The van der Waals surface area contributed by atoms with Gasteiger partial charge in [0, 0.05) is 11.4 Å². The summed E-state index contributed by atoms with van der Waals surface area (Å²) in [6.07, 6.45) is 1.74. The van der Waals surface area contributed by atoms with Crippen LogP contribution in [-0.2, 0) is 11.3 Å². The Bertz CT molecular complexity index is 674. The highest BCUT2D eigenvalue weighted by atomic mass is 32.2. The number of nitrogens with zero attached hydrogens (tertiary/aromatic N) is 2. The average molecular weight is 310 g/mol. The molecule has 0 fully saturated rings. The topological polar surface area (TPSA) is 52.0 Å². The number of thioether (sulfide) groups is 1. The molecule has 2 rings (SSSR count). The average Bonchev–Trinajstić information content (AvgIpc) is 2.72. The molecule has 0 atom stereocenters. The van der Waals surface area contributed by atoms with Crippen LogP contribution in [0.2, 0.25) is 0 Å². The van der Waals surface area contributed by atoms with Crippen molar-refractivity contribution in [2.24, 2.45) is 0 Å². The number of aromatic nitrogens is 2. The molecule has 0 radical (unpaired) electrons. The van der Waals surface area contributed by atoms with Crippen LogP contribution < -0.4 is 5.56 Å². The summed E-state index contributed by atoms with van der Waals surface area (Å²) in [5.74, 6) is 0.901. The molecule has 2 aromatic heterocycles. The number of aryl methyl sites for hydroxylation is 2. The van der Waals surface area contributed by atoms with Crippen molar-refractivity contribution in [2.45, 2.75) is 32.5 Å². The first-order valence-electron chi connectivity index (χ1n) is 6.13. The molecule has 0 unspecified atom stereocenters. The van der Waals surface area contributed by atoms with E-state index in [1.807, 2.05) is 20.6 Å². The Balaban J connectivity index is 0.000000956. The van der Waals surface area contributed by atoms with Crippen LogP contribution in [0.4, 0.5) is 0 Å². The van der Waals surface area contributed by atoms with E-state index in [0.717, 1.165) is 26.7 Å². The second kappa shape index (κ2) is 7.40. The Morgan fingerprint density at radius 2 is 2.05 bits per heavy atom. The number of allylic oxidation sites excluding steroid dienone is 1. The third-order valence-electron chi connectivity index (χ3n) is 2.84. The van der Waals surface area contributed by atoms with Gasteiger partial charge in [0.2, 0.25) is 0 Å². The molecule has 2 heterocycles. The van der Waals surface area contributed by atoms with Crippen molar-refractivity contribution in [3.63, 3.8) is 0 Å². The molecule has 0 aliphatic heterocycles. The molecule has 0 bridgehead atoms. The van der Waals surface area contributed by atoms with E-state index in [4.69, 9.17) is 4.79 Å². The second-order valence-electron chi connectivity index (χ2n) is 4.00. The third kappa shape index (κ3) is 3.02. The van der Waals surface area contributed by atoms with Crippen LogP contribution in [0.3, 0.4) is 0 Å². The molecule has 20 heavy (non-hydrogen) atoms. The maximum atomic E-state index is 12.5. The summed E-state index contributed by atoms with van der Waals surface area (Å²) in [4.78, 5) is 27.2. The van der Waals surface area contributed by atoms with Crippen LogP contribution in [0.25, 0.3) is 10.2 Å². The van der Waals surface area contributed by atoms with Crippen LogP contribution in [0.1, 0.15) is 17.4 Å². The van der Waals surface area contributed by atoms with E-state index in [-0.39, 0.29) is 5.56 Å². The molecule has 0 saturated carbocycles. The van der Waals surface area contributed by atoms with Crippen LogP contribution in [0.5, 0.6) is 0 Å². The number of fused-ring (bicyclic) bond motifs is 1. The third-order valence-corrected chi connectivity index (χ3v) is 4.80.